The molecule has 0 fully saturated rings. The van der Waals surface area contributed by atoms with Gasteiger partial charge in [0.05, 0.1) is 17.1 Å². The topological polar surface area (TPSA) is 46.0 Å². The highest BCUT2D eigenvalue weighted by Gasteiger charge is 2.10. The van der Waals surface area contributed by atoms with Crippen LogP contribution in [-0.4, -0.2) is 15.1 Å². The van der Waals surface area contributed by atoms with Gasteiger partial charge in [0, 0.05) is 22.9 Å². The average Bonchev–Trinajstić information content (AvgIpc) is 2.86. The molecule has 2 aromatic heterocycles. The largest absolute Gasteiger partial charge is 0.507 e. The summed E-state index contributed by atoms with van der Waals surface area (Å²) in [4.78, 5) is 9.33. The maximum Gasteiger partial charge on any atom is 0.124 e. The lowest BCUT2D eigenvalue weighted by atomic mass is 10.00. The van der Waals surface area contributed by atoms with Crippen molar-refractivity contribution >= 4 is 0 Å². The Balaban J connectivity index is 1.49. The molecule has 32 heavy (non-hydrogen) atoms. The van der Waals surface area contributed by atoms with Gasteiger partial charge in [-0.1, -0.05) is 66.7 Å². The predicted octanol–water partition coefficient (Wildman–Crippen LogP) is 6.77. The number of phenolic OH excluding ortho intramolecular Hbond substituents is 1. The first-order valence-electron chi connectivity index (χ1n) is 10.6. The van der Waals surface area contributed by atoms with Crippen molar-refractivity contribution in [1.82, 2.24) is 9.97 Å². The predicted molar refractivity (Wildman–Crippen MR) is 129 cm³/mol. The van der Waals surface area contributed by atoms with E-state index in [0.717, 1.165) is 45.8 Å². The second kappa shape index (κ2) is 8.86. The normalized spacial score (nSPS) is 10.8. The van der Waals surface area contributed by atoms with Crippen molar-refractivity contribution in [2.75, 3.05) is 0 Å². The van der Waals surface area contributed by atoms with Gasteiger partial charge >= 0.3 is 0 Å². The molecule has 0 aliphatic heterocycles. The summed E-state index contributed by atoms with van der Waals surface area (Å²) in [7, 11) is 0. The lowest BCUT2D eigenvalue weighted by Crippen LogP contribution is -1.92. The van der Waals surface area contributed by atoms with E-state index < -0.39 is 0 Å². The summed E-state index contributed by atoms with van der Waals surface area (Å²) >= 11 is 0. The Morgan fingerprint density at radius 3 is 2.09 bits per heavy atom. The molecule has 0 aliphatic carbocycles. The van der Waals surface area contributed by atoms with E-state index in [2.05, 4.69) is 29.2 Å². The Labute approximate surface area is 187 Å². The average molecular weight is 415 g/mol. The van der Waals surface area contributed by atoms with E-state index in [0.29, 0.717) is 0 Å². The van der Waals surface area contributed by atoms with Gasteiger partial charge in [-0.15, -0.1) is 0 Å². The Hall–Kier alpha value is -4.24. The van der Waals surface area contributed by atoms with Crippen LogP contribution in [0.25, 0.3) is 33.8 Å². The van der Waals surface area contributed by atoms with Crippen LogP contribution < -0.4 is 0 Å². The summed E-state index contributed by atoms with van der Waals surface area (Å²) < 4.78 is 0. The number of pyridine rings is 2. The van der Waals surface area contributed by atoms with E-state index >= 15 is 0 Å². The van der Waals surface area contributed by atoms with Crippen molar-refractivity contribution in [2.24, 2.45) is 0 Å². The molecule has 0 atom stereocenters. The van der Waals surface area contributed by atoms with Crippen molar-refractivity contribution in [3.05, 3.63) is 127 Å². The minimum absolute atomic E-state index is 0.230. The van der Waals surface area contributed by atoms with Crippen molar-refractivity contribution in [1.29, 1.82) is 0 Å². The second-order valence-electron chi connectivity index (χ2n) is 7.72. The van der Waals surface area contributed by atoms with E-state index in [1.165, 1.54) is 5.56 Å². The lowest BCUT2D eigenvalue weighted by molar-refractivity contribution is 0.477. The highest BCUT2D eigenvalue weighted by molar-refractivity contribution is 5.73. The van der Waals surface area contributed by atoms with Gasteiger partial charge in [-0.2, -0.15) is 0 Å². The summed E-state index contributed by atoms with van der Waals surface area (Å²) in [5.74, 6) is 0.230. The molecule has 0 amide bonds. The molecule has 0 bridgehead atoms. The van der Waals surface area contributed by atoms with Crippen molar-refractivity contribution in [3.63, 3.8) is 0 Å². The summed E-state index contributed by atoms with van der Waals surface area (Å²) in [6.45, 7) is 0. The standard InChI is InChI=1S/C29H22N2O/c32-29-16-15-22(18-21-8-2-1-3-9-21)19-25(29)28-14-7-13-27(31-28)24-11-6-10-23(20-24)26-12-4-5-17-30-26/h1-17,19-20,32H,18H2. The molecule has 2 heterocycles. The van der Waals surface area contributed by atoms with E-state index in [9.17, 15) is 5.11 Å². The molecule has 0 unspecified atom stereocenters. The van der Waals surface area contributed by atoms with E-state index in [1.54, 1.807) is 12.3 Å². The Kier molecular flexibility index (Phi) is 5.46. The highest BCUT2D eigenvalue weighted by Crippen LogP contribution is 2.32. The Bertz CT molecular complexity index is 1350. The third kappa shape index (κ3) is 4.28. The fraction of sp³-hybridized carbons (Fsp3) is 0.0345. The van der Waals surface area contributed by atoms with Crippen molar-refractivity contribution < 1.29 is 5.11 Å². The summed E-state index contributed by atoms with van der Waals surface area (Å²) in [6.07, 6.45) is 2.60. The number of hydrogen-bond acceptors (Lipinski definition) is 3. The van der Waals surface area contributed by atoms with Gasteiger partial charge in [-0.25, -0.2) is 4.98 Å². The van der Waals surface area contributed by atoms with Crippen LogP contribution >= 0.6 is 0 Å². The fourth-order valence-electron chi connectivity index (χ4n) is 3.85. The van der Waals surface area contributed by atoms with Crippen LogP contribution in [0.2, 0.25) is 0 Å². The summed E-state index contributed by atoms with van der Waals surface area (Å²) in [6, 6.07) is 36.1. The van der Waals surface area contributed by atoms with Gasteiger partial charge in [0.25, 0.3) is 0 Å². The Morgan fingerprint density at radius 2 is 1.28 bits per heavy atom. The van der Waals surface area contributed by atoms with Gasteiger partial charge in [0.15, 0.2) is 0 Å². The van der Waals surface area contributed by atoms with Gasteiger partial charge in [-0.05, 0) is 60.0 Å². The van der Waals surface area contributed by atoms with Gasteiger partial charge in [0.2, 0.25) is 0 Å². The molecular weight excluding hydrogens is 392 g/mol. The maximum atomic E-state index is 10.6. The summed E-state index contributed by atoms with van der Waals surface area (Å²) in [5, 5.41) is 10.6. The molecule has 154 valence electrons. The van der Waals surface area contributed by atoms with Crippen LogP contribution in [0.1, 0.15) is 11.1 Å². The molecule has 0 radical (unpaired) electrons. The van der Waals surface area contributed by atoms with Crippen LogP contribution in [0.15, 0.2) is 115 Å². The molecule has 5 aromatic rings. The molecule has 5 rings (SSSR count). The highest BCUT2D eigenvalue weighted by atomic mass is 16.3. The molecule has 1 N–H and O–H groups in total. The minimum atomic E-state index is 0.230. The van der Waals surface area contributed by atoms with Crippen LogP contribution in [0.3, 0.4) is 0 Å². The van der Waals surface area contributed by atoms with E-state index in [1.807, 2.05) is 78.9 Å². The van der Waals surface area contributed by atoms with Gasteiger partial charge in [0.1, 0.15) is 5.75 Å². The number of benzene rings is 3. The number of aromatic hydroxyl groups is 1. The number of rotatable bonds is 5. The SMILES string of the molecule is Oc1ccc(Cc2ccccc2)cc1-c1cccc(-c2cccc(-c3ccccn3)c2)n1. The number of phenols is 1. The molecule has 3 nitrogen and oxygen atoms in total. The molecular formula is C29H22N2O. The smallest absolute Gasteiger partial charge is 0.124 e. The first-order valence-corrected chi connectivity index (χ1v) is 10.6. The lowest BCUT2D eigenvalue weighted by Gasteiger charge is -2.10. The molecule has 0 saturated heterocycles. The van der Waals surface area contributed by atoms with Gasteiger partial charge in [-0.3, -0.25) is 4.98 Å². The molecule has 0 aliphatic rings. The third-order valence-electron chi connectivity index (χ3n) is 5.46. The van der Waals surface area contributed by atoms with Crippen LogP contribution in [-0.2, 0) is 6.42 Å². The third-order valence-corrected chi connectivity index (χ3v) is 5.46. The molecule has 3 aromatic carbocycles. The molecule has 0 spiro atoms. The van der Waals surface area contributed by atoms with Crippen LogP contribution in [0, 0.1) is 0 Å². The van der Waals surface area contributed by atoms with Crippen LogP contribution in [0.4, 0.5) is 0 Å². The van der Waals surface area contributed by atoms with E-state index in [-0.39, 0.29) is 5.75 Å². The first-order chi connectivity index (χ1) is 15.8. The second-order valence-corrected chi connectivity index (χ2v) is 7.72. The van der Waals surface area contributed by atoms with Crippen LogP contribution in [0.5, 0.6) is 5.75 Å². The molecule has 0 saturated carbocycles. The zero-order valence-electron chi connectivity index (χ0n) is 17.5. The van der Waals surface area contributed by atoms with Crippen molar-refractivity contribution in [3.8, 4) is 39.5 Å². The maximum absolute atomic E-state index is 10.6. The fourth-order valence-corrected chi connectivity index (χ4v) is 3.85. The molecule has 3 heteroatoms. The van der Waals surface area contributed by atoms with Gasteiger partial charge < -0.3 is 5.11 Å². The number of nitrogens with zero attached hydrogens (tertiary/aromatic N) is 2. The monoisotopic (exact) mass is 414 g/mol. The Morgan fingerprint density at radius 1 is 0.562 bits per heavy atom. The first kappa shape index (κ1) is 19.7. The van der Waals surface area contributed by atoms with Crippen molar-refractivity contribution in [2.45, 2.75) is 6.42 Å². The van der Waals surface area contributed by atoms with E-state index in [4.69, 9.17) is 4.98 Å². The zero-order chi connectivity index (χ0) is 21.8. The zero-order valence-corrected chi connectivity index (χ0v) is 17.5. The quantitative estimate of drug-likeness (QED) is 0.345. The summed E-state index contributed by atoms with van der Waals surface area (Å²) in [5.41, 5.74) is 7.69. The minimum Gasteiger partial charge on any atom is -0.507 e. The number of aromatic nitrogens is 2. The number of hydrogen-bond donors (Lipinski definition) is 1.